The number of imide groups is 1. The van der Waals surface area contributed by atoms with Crippen molar-refractivity contribution in [1.29, 1.82) is 0 Å². The quantitative estimate of drug-likeness (QED) is 0.605. The number of urea groups is 1. The lowest BCUT2D eigenvalue weighted by atomic mass is 10.2. The third-order valence-electron chi connectivity index (χ3n) is 3.98. The number of carbonyl (C=O) groups is 2. The number of hydrogen-bond donors (Lipinski definition) is 2. The van der Waals surface area contributed by atoms with E-state index in [1.54, 1.807) is 30.5 Å². The average Bonchev–Trinajstić information content (AvgIpc) is 3.12. The largest absolute Gasteiger partial charge is 0.338 e. The highest BCUT2D eigenvalue weighted by Crippen LogP contribution is 2.30. The normalized spacial score (nSPS) is 11.7. The predicted octanol–water partition coefficient (Wildman–Crippen LogP) is 3.40. The SMILES string of the molecule is CCNC(=O)NC(=O)[C@H](C)Sc1nnc(-c2ccc(F)cc2)n1-c1ccccc1. The summed E-state index contributed by atoms with van der Waals surface area (Å²) in [6.45, 7) is 3.87. The molecule has 2 N–H and O–H groups in total. The Balaban J connectivity index is 1.92. The van der Waals surface area contributed by atoms with Crippen LogP contribution in [-0.2, 0) is 4.79 Å². The molecular formula is C20H20FN5O2S. The molecule has 0 saturated heterocycles. The minimum absolute atomic E-state index is 0.343. The van der Waals surface area contributed by atoms with Crippen LogP contribution in [0.25, 0.3) is 17.1 Å². The number of thioether (sulfide) groups is 1. The van der Waals surface area contributed by atoms with Gasteiger partial charge in [-0.25, -0.2) is 9.18 Å². The summed E-state index contributed by atoms with van der Waals surface area (Å²) in [6.07, 6.45) is 0. The molecule has 0 fully saturated rings. The molecule has 7 nitrogen and oxygen atoms in total. The van der Waals surface area contributed by atoms with E-state index in [1.165, 1.54) is 23.9 Å². The van der Waals surface area contributed by atoms with Gasteiger partial charge in [0.1, 0.15) is 5.82 Å². The number of nitrogens with one attached hydrogen (secondary N) is 2. The van der Waals surface area contributed by atoms with E-state index in [9.17, 15) is 14.0 Å². The van der Waals surface area contributed by atoms with Crippen LogP contribution in [0.15, 0.2) is 59.8 Å². The van der Waals surface area contributed by atoms with Gasteiger partial charge in [0.15, 0.2) is 11.0 Å². The molecule has 1 aromatic heterocycles. The van der Waals surface area contributed by atoms with Crippen LogP contribution >= 0.6 is 11.8 Å². The number of benzene rings is 2. The highest BCUT2D eigenvalue weighted by molar-refractivity contribution is 8.00. The van der Waals surface area contributed by atoms with Gasteiger partial charge in [0, 0.05) is 17.8 Å². The highest BCUT2D eigenvalue weighted by atomic mass is 32.2. The summed E-state index contributed by atoms with van der Waals surface area (Å²) >= 11 is 1.18. The molecule has 0 aliphatic heterocycles. The first-order chi connectivity index (χ1) is 14.0. The molecule has 0 spiro atoms. The molecule has 9 heteroatoms. The van der Waals surface area contributed by atoms with Gasteiger partial charge in [0.05, 0.1) is 5.25 Å². The second-order valence-corrected chi connectivity index (χ2v) is 7.40. The van der Waals surface area contributed by atoms with E-state index in [-0.39, 0.29) is 5.82 Å². The lowest BCUT2D eigenvalue weighted by molar-refractivity contribution is -0.119. The van der Waals surface area contributed by atoms with Gasteiger partial charge in [-0.3, -0.25) is 14.7 Å². The van der Waals surface area contributed by atoms with Crippen molar-refractivity contribution in [3.63, 3.8) is 0 Å². The van der Waals surface area contributed by atoms with Crippen LogP contribution in [0.4, 0.5) is 9.18 Å². The number of amides is 3. The number of halogens is 1. The van der Waals surface area contributed by atoms with Crippen molar-refractivity contribution in [1.82, 2.24) is 25.4 Å². The fourth-order valence-corrected chi connectivity index (χ4v) is 3.44. The Morgan fingerprint density at radius 2 is 1.79 bits per heavy atom. The zero-order chi connectivity index (χ0) is 20.8. The summed E-state index contributed by atoms with van der Waals surface area (Å²) < 4.78 is 15.1. The highest BCUT2D eigenvalue weighted by Gasteiger charge is 2.22. The Hall–Kier alpha value is -3.20. The molecule has 3 amide bonds. The molecule has 3 rings (SSSR count). The second-order valence-electron chi connectivity index (χ2n) is 6.09. The minimum Gasteiger partial charge on any atom is -0.338 e. The number of rotatable bonds is 6. The molecule has 0 bridgehead atoms. The van der Waals surface area contributed by atoms with Crippen molar-refractivity contribution >= 4 is 23.7 Å². The fraction of sp³-hybridized carbons (Fsp3) is 0.200. The Bertz CT molecular complexity index is 992. The number of carbonyl (C=O) groups excluding carboxylic acids is 2. The van der Waals surface area contributed by atoms with Crippen LogP contribution in [0.1, 0.15) is 13.8 Å². The first-order valence-electron chi connectivity index (χ1n) is 9.01. The lowest BCUT2D eigenvalue weighted by Gasteiger charge is -2.13. The van der Waals surface area contributed by atoms with Gasteiger partial charge in [-0.1, -0.05) is 30.0 Å². The molecule has 0 saturated carbocycles. The molecule has 0 unspecified atom stereocenters. The van der Waals surface area contributed by atoms with Gasteiger partial charge in [0.25, 0.3) is 0 Å². The summed E-state index contributed by atoms with van der Waals surface area (Å²) in [5.41, 5.74) is 1.49. The van der Waals surface area contributed by atoms with E-state index in [0.29, 0.717) is 23.1 Å². The van der Waals surface area contributed by atoms with Gasteiger partial charge in [-0.05, 0) is 50.2 Å². The molecule has 29 heavy (non-hydrogen) atoms. The molecule has 150 valence electrons. The Kier molecular flexibility index (Phi) is 6.61. The molecular weight excluding hydrogens is 393 g/mol. The Morgan fingerprint density at radius 3 is 2.45 bits per heavy atom. The van der Waals surface area contributed by atoms with Gasteiger partial charge in [-0.2, -0.15) is 0 Å². The topological polar surface area (TPSA) is 88.9 Å². The Labute approximate surface area is 171 Å². The van der Waals surface area contributed by atoms with E-state index >= 15 is 0 Å². The number of hydrogen-bond acceptors (Lipinski definition) is 5. The number of para-hydroxylation sites is 1. The average molecular weight is 413 g/mol. The fourth-order valence-electron chi connectivity index (χ4n) is 2.57. The lowest BCUT2D eigenvalue weighted by Crippen LogP contribution is -2.42. The van der Waals surface area contributed by atoms with Crippen molar-refractivity contribution in [2.45, 2.75) is 24.3 Å². The molecule has 1 heterocycles. The van der Waals surface area contributed by atoms with Crippen LogP contribution in [0.5, 0.6) is 0 Å². The van der Waals surface area contributed by atoms with Crippen molar-refractivity contribution in [2.24, 2.45) is 0 Å². The summed E-state index contributed by atoms with van der Waals surface area (Å²) in [6, 6.07) is 14.8. The van der Waals surface area contributed by atoms with Crippen LogP contribution in [0, 0.1) is 5.82 Å². The molecule has 1 atom stereocenters. The van der Waals surface area contributed by atoms with Crippen LogP contribution in [-0.4, -0.2) is 38.5 Å². The molecule has 0 radical (unpaired) electrons. The van der Waals surface area contributed by atoms with Gasteiger partial charge in [0.2, 0.25) is 5.91 Å². The van der Waals surface area contributed by atoms with E-state index in [4.69, 9.17) is 0 Å². The monoisotopic (exact) mass is 413 g/mol. The molecule has 0 aliphatic carbocycles. The van der Waals surface area contributed by atoms with Crippen molar-refractivity contribution in [3.8, 4) is 17.1 Å². The van der Waals surface area contributed by atoms with E-state index < -0.39 is 17.2 Å². The molecule has 2 aromatic carbocycles. The summed E-state index contributed by atoms with van der Waals surface area (Å²) in [4.78, 5) is 23.9. The van der Waals surface area contributed by atoms with Gasteiger partial charge < -0.3 is 5.32 Å². The zero-order valence-electron chi connectivity index (χ0n) is 15.9. The smallest absolute Gasteiger partial charge is 0.321 e. The van der Waals surface area contributed by atoms with Crippen molar-refractivity contribution in [2.75, 3.05) is 6.54 Å². The molecule has 0 aliphatic rings. The van der Waals surface area contributed by atoms with Gasteiger partial charge >= 0.3 is 6.03 Å². The Morgan fingerprint density at radius 1 is 1.10 bits per heavy atom. The number of nitrogens with zero attached hydrogens (tertiary/aromatic N) is 3. The summed E-state index contributed by atoms with van der Waals surface area (Å²) in [5, 5.41) is 13.2. The first kappa shape index (κ1) is 20.5. The second kappa shape index (κ2) is 9.33. The number of aromatic nitrogens is 3. The maximum Gasteiger partial charge on any atom is 0.321 e. The minimum atomic E-state index is -0.592. The summed E-state index contributed by atoms with van der Waals surface area (Å²) in [7, 11) is 0. The molecule has 3 aromatic rings. The maximum absolute atomic E-state index is 13.3. The van der Waals surface area contributed by atoms with Gasteiger partial charge in [-0.15, -0.1) is 10.2 Å². The van der Waals surface area contributed by atoms with E-state index in [2.05, 4.69) is 20.8 Å². The third kappa shape index (κ3) is 5.00. The van der Waals surface area contributed by atoms with E-state index in [1.807, 2.05) is 30.3 Å². The van der Waals surface area contributed by atoms with Crippen molar-refractivity contribution < 1.29 is 14.0 Å². The van der Waals surface area contributed by atoms with Crippen LogP contribution in [0.3, 0.4) is 0 Å². The van der Waals surface area contributed by atoms with Crippen molar-refractivity contribution in [3.05, 3.63) is 60.4 Å². The standard InChI is InChI=1S/C20H20FN5O2S/c1-3-22-19(28)23-18(27)13(2)29-20-25-24-17(14-9-11-15(21)12-10-14)26(20)16-7-5-4-6-8-16/h4-13H,3H2,1-2H3,(H2,22,23,27,28)/t13-/m0/s1. The van der Waals surface area contributed by atoms with Crippen LogP contribution in [0.2, 0.25) is 0 Å². The predicted molar refractivity (Wildman–Crippen MR) is 109 cm³/mol. The zero-order valence-corrected chi connectivity index (χ0v) is 16.7. The third-order valence-corrected chi connectivity index (χ3v) is 5.02. The van der Waals surface area contributed by atoms with E-state index in [0.717, 1.165) is 5.69 Å². The van der Waals surface area contributed by atoms with Crippen LogP contribution < -0.4 is 10.6 Å². The first-order valence-corrected chi connectivity index (χ1v) is 9.89. The maximum atomic E-state index is 13.3. The summed E-state index contributed by atoms with van der Waals surface area (Å²) in [5.74, 6) is -0.258.